The Labute approximate surface area is 178 Å². The first-order valence-electron chi connectivity index (χ1n) is 10.8. The third kappa shape index (κ3) is 3.45. The Morgan fingerprint density at radius 1 is 0.833 bits per heavy atom. The molecule has 0 saturated carbocycles. The molecule has 0 bridgehead atoms. The van der Waals surface area contributed by atoms with Crippen molar-refractivity contribution in [2.45, 2.75) is 31.9 Å². The summed E-state index contributed by atoms with van der Waals surface area (Å²) in [6.07, 6.45) is 5.74. The van der Waals surface area contributed by atoms with Gasteiger partial charge in [-0.25, -0.2) is 0 Å². The average Bonchev–Trinajstić information content (AvgIpc) is 3.29. The number of rotatable bonds is 6. The third-order valence-electron chi connectivity index (χ3n) is 6.15. The maximum Gasteiger partial charge on any atom is 0.142 e. The smallest absolute Gasteiger partial charge is 0.142 e. The molecule has 5 rings (SSSR count). The average molecular weight is 398 g/mol. The zero-order valence-electron chi connectivity index (χ0n) is 17.3. The molecular formula is C27H27NO2. The van der Waals surface area contributed by atoms with Crippen LogP contribution in [0, 0.1) is 5.92 Å². The van der Waals surface area contributed by atoms with Gasteiger partial charge in [0.05, 0.1) is 18.3 Å². The van der Waals surface area contributed by atoms with Crippen LogP contribution in [-0.4, -0.2) is 6.61 Å². The maximum atomic E-state index is 6.30. The molecular weight excluding hydrogens is 370 g/mol. The summed E-state index contributed by atoms with van der Waals surface area (Å²) >= 11 is 0. The zero-order valence-corrected chi connectivity index (χ0v) is 17.3. The number of allylic oxidation sites excluding steroid dienone is 2. The Hall–Kier alpha value is -3.20. The van der Waals surface area contributed by atoms with Crippen LogP contribution in [0.15, 0.2) is 84.9 Å². The molecule has 2 aliphatic rings. The van der Waals surface area contributed by atoms with Gasteiger partial charge in [0.15, 0.2) is 0 Å². The number of para-hydroxylation sites is 2. The van der Waals surface area contributed by atoms with Crippen LogP contribution in [0.1, 0.15) is 42.0 Å². The second-order valence-electron chi connectivity index (χ2n) is 7.94. The quantitative estimate of drug-likeness (QED) is 0.482. The molecule has 0 spiro atoms. The lowest BCUT2D eigenvalue weighted by Gasteiger charge is -2.38. The van der Waals surface area contributed by atoms with Gasteiger partial charge in [-0.05, 0) is 42.5 Å². The molecule has 1 N–H and O–H groups in total. The fourth-order valence-electron chi connectivity index (χ4n) is 4.78. The Morgan fingerprint density at radius 2 is 1.60 bits per heavy atom. The van der Waals surface area contributed by atoms with E-state index >= 15 is 0 Å². The summed E-state index contributed by atoms with van der Waals surface area (Å²) in [5, 5.41) is 3.83. The maximum absolute atomic E-state index is 6.30. The Balaban J connectivity index is 1.49. The van der Waals surface area contributed by atoms with E-state index in [0.717, 1.165) is 23.6 Å². The van der Waals surface area contributed by atoms with Crippen LogP contribution in [-0.2, 0) is 6.61 Å². The second kappa shape index (κ2) is 8.27. The molecule has 0 radical (unpaired) electrons. The van der Waals surface area contributed by atoms with Crippen molar-refractivity contribution in [2.75, 3.05) is 11.9 Å². The van der Waals surface area contributed by atoms with Gasteiger partial charge in [-0.2, -0.15) is 0 Å². The van der Waals surface area contributed by atoms with E-state index in [9.17, 15) is 0 Å². The molecule has 3 nitrogen and oxygen atoms in total. The highest BCUT2D eigenvalue weighted by molar-refractivity contribution is 5.68. The van der Waals surface area contributed by atoms with E-state index < -0.39 is 0 Å². The number of hydrogen-bond donors (Lipinski definition) is 1. The third-order valence-corrected chi connectivity index (χ3v) is 6.15. The predicted molar refractivity (Wildman–Crippen MR) is 121 cm³/mol. The predicted octanol–water partition coefficient (Wildman–Crippen LogP) is 6.49. The van der Waals surface area contributed by atoms with Crippen molar-refractivity contribution >= 4 is 5.69 Å². The largest absolute Gasteiger partial charge is 0.492 e. The van der Waals surface area contributed by atoms with Gasteiger partial charge in [-0.15, -0.1) is 0 Å². The minimum atomic E-state index is 0.172. The first kappa shape index (κ1) is 18.8. The van der Waals surface area contributed by atoms with Crippen molar-refractivity contribution in [3.63, 3.8) is 0 Å². The van der Waals surface area contributed by atoms with E-state index in [1.807, 2.05) is 25.1 Å². The Kier molecular flexibility index (Phi) is 5.18. The zero-order chi connectivity index (χ0) is 20.3. The first-order chi connectivity index (χ1) is 14.8. The molecule has 0 amide bonds. The van der Waals surface area contributed by atoms with Gasteiger partial charge in [0.1, 0.15) is 18.1 Å². The molecule has 3 aromatic rings. The fourth-order valence-corrected chi connectivity index (χ4v) is 4.78. The van der Waals surface area contributed by atoms with Gasteiger partial charge >= 0.3 is 0 Å². The number of benzene rings is 3. The molecule has 3 aromatic carbocycles. The van der Waals surface area contributed by atoms with Crippen LogP contribution >= 0.6 is 0 Å². The summed E-state index contributed by atoms with van der Waals surface area (Å²) in [4.78, 5) is 0. The van der Waals surface area contributed by atoms with Crippen LogP contribution in [0.25, 0.3) is 0 Å². The summed E-state index contributed by atoms with van der Waals surface area (Å²) in [5.74, 6) is 2.74. The van der Waals surface area contributed by atoms with E-state index in [4.69, 9.17) is 9.47 Å². The molecule has 1 aliphatic heterocycles. The Bertz CT molecular complexity index is 1040. The van der Waals surface area contributed by atoms with Gasteiger partial charge < -0.3 is 14.8 Å². The van der Waals surface area contributed by atoms with Crippen LogP contribution in [0.3, 0.4) is 0 Å². The molecule has 0 saturated heterocycles. The van der Waals surface area contributed by atoms with Crippen molar-refractivity contribution < 1.29 is 9.47 Å². The lowest BCUT2D eigenvalue weighted by atomic mass is 9.76. The Morgan fingerprint density at radius 3 is 2.47 bits per heavy atom. The highest BCUT2D eigenvalue weighted by Crippen LogP contribution is 2.53. The summed E-state index contributed by atoms with van der Waals surface area (Å²) in [6.45, 7) is 3.26. The normalized spacial score (nSPS) is 21.4. The number of ether oxygens (including phenoxy) is 2. The molecule has 1 aliphatic carbocycles. The lowest BCUT2D eigenvalue weighted by molar-refractivity contribution is 0.295. The highest BCUT2D eigenvalue weighted by Gasteiger charge is 2.40. The van der Waals surface area contributed by atoms with Gasteiger partial charge in [-0.1, -0.05) is 72.8 Å². The lowest BCUT2D eigenvalue weighted by Crippen LogP contribution is -2.29. The fraction of sp³-hybridized carbons (Fsp3) is 0.259. The number of hydrogen-bond acceptors (Lipinski definition) is 3. The summed E-state index contributed by atoms with van der Waals surface area (Å²) in [5.41, 5.74) is 4.84. The van der Waals surface area contributed by atoms with Gasteiger partial charge in [0.25, 0.3) is 0 Å². The molecule has 1 heterocycles. The number of fused-ring (bicyclic) bond motifs is 3. The second-order valence-corrected chi connectivity index (χ2v) is 7.94. The summed E-state index contributed by atoms with van der Waals surface area (Å²) in [6, 6.07) is 25.3. The van der Waals surface area contributed by atoms with Gasteiger partial charge in [0.2, 0.25) is 0 Å². The first-order valence-corrected chi connectivity index (χ1v) is 10.8. The molecule has 0 aromatic heterocycles. The molecule has 152 valence electrons. The highest BCUT2D eigenvalue weighted by atomic mass is 16.5. The molecule has 3 heteroatoms. The van der Waals surface area contributed by atoms with Crippen molar-refractivity contribution in [3.05, 3.63) is 102 Å². The SMILES string of the molecule is CCOc1cccc2c1NC(c1ccccc1OCc1ccccc1)C1CC=CC21. The molecule has 3 atom stereocenters. The number of anilines is 1. The van der Waals surface area contributed by atoms with Gasteiger partial charge in [-0.3, -0.25) is 0 Å². The monoisotopic (exact) mass is 397 g/mol. The number of nitrogens with one attached hydrogen (secondary N) is 1. The van der Waals surface area contributed by atoms with E-state index in [1.165, 1.54) is 16.7 Å². The van der Waals surface area contributed by atoms with E-state index in [0.29, 0.717) is 25.0 Å². The molecule has 0 fully saturated rings. The van der Waals surface area contributed by atoms with Crippen molar-refractivity contribution in [1.29, 1.82) is 0 Å². The minimum Gasteiger partial charge on any atom is -0.492 e. The van der Waals surface area contributed by atoms with Crippen LogP contribution < -0.4 is 14.8 Å². The topological polar surface area (TPSA) is 30.5 Å². The van der Waals surface area contributed by atoms with Crippen molar-refractivity contribution in [3.8, 4) is 11.5 Å². The minimum absolute atomic E-state index is 0.172. The van der Waals surface area contributed by atoms with E-state index in [-0.39, 0.29) is 6.04 Å². The van der Waals surface area contributed by atoms with E-state index in [1.54, 1.807) is 0 Å². The van der Waals surface area contributed by atoms with E-state index in [2.05, 4.69) is 72.1 Å². The summed E-state index contributed by atoms with van der Waals surface area (Å²) in [7, 11) is 0. The summed E-state index contributed by atoms with van der Waals surface area (Å²) < 4.78 is 12.3. The van der Waals surface area contributed by atoms with Gasteiger partial charge in [0, 0.05) is 11.5 Å². The standard InChI is InChI=1S/C27H27NO2/c1-2-29-25-17-9-15-22-20-13-8-14-21(20)26(28-27(22)25)23-12-6-7-16-24(23)30-18-19-10-4-3-5-11-19/h3-13,15-17,20-21,26,28H,2,14,18H2,1H3. The van der Waals surface area contributed by atoms with Crippen molar-refractivity contribution in [1.82, 2.24) is 0 Å². The molecule has 3 unspecified atom stereocenters. The van der Waals surface area contributed by atoms with Crippen LogP contribution in [0.2, 0.25) is 0 Å². The van der Waals surface area contributed by atoms with Crippen molar-refractivity contribution in [2.24, 2.45) is 5.92 Å². The molecule has 30 heavy (non-hydrogen) atoms. The van der Waals surface area contributed by atoms with Crippen LogP contribution in [0.4, 0.5) is 5.69 Å². The van der Waals surface area contributed by atoms with Crippen LogP contribution in [0.5, 0.6) is 11.5 Å².